The second-order valence-electron chi connectivity index (χ2n) is 3.88. The Hall–Kier alpha value is -2.76. The van der Waals surface area contributed by atoms with E-state index in [4.69, 9.17) is 9.52 Å². The summed E-state index contributed by atoms with van der Waals surface area (Å²) >= 11 is 0. The zero-order valence-electron chi connectivity index (χ0n) is 10.0. The van der Waals surface area contributed by atoms with E-state index >= 15 is 0 Å². The van der Waals surface area contributed by atoms with Crippen LogP contribution >= 0.6 is 0 Å². The van der Waals surface area contributed by atoms with Gasteiger partial charge in [-0.25, -0.2) is 4.79 Å². The molecule has 2 rings (SSSR count). The van der Waals surface area contributed by atoms with Crippen LogP contribution in [0.25, 0.3) is 0 Å². The fourth-order valence-corrected chi connectivity index (χ4v) is 1.58. The van der Waals surface area contributed by atoms with Crippen molar-refractivity contribution in [2.24, 2.45) is 0 Å². The summed E-state index contributed by atoms with van der Waals surface area (Å²) in [6.45, 7) is 1.63. The van der Waals surface area contributed by atoms with Crippen LogP contribution in [0, 0.1) is 6.92 Å². The molecule has 0 radical (unpaired) electrons. The number of carbonyl (C=O) groups is 2. The molecule has 98 valence electrons. The van der Waals surface area contributed by atoms with Gasteiger partial charge in [-0.2, -0.15) is 0 Å². The smallest absolute Gasteiger partial charge is 0.335 e. The zero-order valence-corrected chi connectivity index (χ0v) is 10.0. The third kappa shape index (κ3) is 2.57. The summed E-state index contributed by atoms with van der Waals surface area (Å²) in [5.74, 6) is -1.40. The number of aromatic hydroxyl groups is 1. The summed E-state index contributed by atoms with van der Waals surface area (Å²) in [6, 6.07) is 5.13. The number of carboxylic acids is 1. The lowest BCUT2D eigenvalue weighted by molar-refractivity contribution is 0.0696. The van der Waals surface area contributed by atoms with E-state index in [9.17, 15) is 14.7 Å². The second-order valence-corrected chi connectivity index (χ2v) is 3.88. The molecule has 1 aromatic heterocycles. The maximum atomic E-state index is 11.9. The van der Waals surface area contributed by atoms with Crippen molar-refractivity contribution in [2.75, 3.05) is 5.32 Å². The van der Waals surface area contributed by atoms with Crippen molar-refractivity contribution in [3.63, 3.8) is 0 Å². The molecule has 1 heterocycles. The molecule has 1 amide bonds. The highest BCUT2D eigenvalue weighted by molar-refractivity contribution is 6.06. The van der Waals surface area contributed by atoms with Gasteiger partial charge in [-0.1, -0.05) is 0 Å². The van der Waals surface area contributed by atoms with Crippen molar-refractivity contribution >= 4 is 17.6 Å². The Morgan fingerprint density at radius 1 is 1.26 bits per heavy atom. The summed E-state index contributed by atoms with van der Waals surface area (Å²) in [5, 5.41) is 20.9. The van der Waals surface area contributed by atoms with Crippen LogP contribution in [-0.2, 0) is 0 Å². The number of phenols is 1. The fourth-order valence-electron chi connectivity index (χ4n) is 1.58. The molecule has 0 aliphatic carbocycles. The number of carboxylic acid groups (broad SMARTS) is 1. The second kappa shape index (κ2) is 4.85. The molecule has 0 atom stereocenters. The molecule has 0 saturated heterocycles. The number of carbonyl (C=O) groups excluding carboxylic acids is 1. The molecular weight excluding hydrogens is 250 g/mol. The molecule has 0 saturated carbocycles. The van der Waals surface area contributed by atoms with E-state index in [0.717, 1.165) is 0 Å². The van der Waals surface area contributed by atoms with Gasteiger partial charge < -0.3 is 19.9 Å². The third-order valence-corrected chi connectivity index (χ3v) is 2.60. The molecule has 6 heteroatoms. The number of amides is 1. The minimum Gasteiger partial charge on any atom is -0.506 e. The molecule has 0 spiro atoms. The van der Waals surface area contributed by atoms with Gasteiger partial charge in [-0.3, -0.25) is 4.79 Å². The number of anilines is 1. The van der Waals surface area contributed by atoms with E-state index in [1.165, 1.54) is 30.5 Å². The molecule has 3 N–H and O–H groups in total. The lowest BCUT2D eigenvalue weighted by Crippen LogP contribution is -2.12. The van der Waals surface area contributed by atoms with E-state index in [2.05, 4.69) is 5.32 Å². The number of rotatable bonds is 3. The normalized spacial score (nSPS) is 10.2. The summed E-state index contributed by atoms with van der Waals surface area (Å²) < 4.78 is 5.00. The first kappa shape index (κ1) is 12.7. The standard InChI is InChI=1S/C13H11NO5/c1-7-9(4-5-19-7)12(16)14-10-6-8(13(17)18)2-3-11(10)15/h2-6,15H,1H3,(H,14,16)(H,17,18). The quantitative estimate of drug-likeness (QED) is 0.736. The Balaban J connectivity index is 2.28. The summed E-state index contributed by atoms with van der Waals surface area (Å²) in [7, 11) is 0. The minimum atomic E-state index is -1.14. The van der Waals surface area contributed by atoms with Gasteiger partial charge in [-0.05, 0) is 31.2 Å². The van der Waals surface area contributed by atoms with E-state index in [1.54, 1.807) is 6.92 Å². The van der Waals surface area contributed by atoms with Crippen LogP contribution in [0.4, 0.5) is 5.69 Å². The Morgan fingerprint density at radius 3 is 2.58 bits per heavy atom. The topological polar surface area (TPSA) is 99.8 Å². The Bertz CT molecular complexity index is 644. The van der Waals surface area contributed by atoms with Gasteiger partial charge in [0.2, 0.25) is 0 Å². The number of aryl methyl sites for hydroxylation is 1. The van der Waals surface area contributed by atoms with Crippen LogP contribution in [0.5, 0.6) is 5.75 Å². The average molecular weight is 261 g/mol. The van der Waals surface area contributed by atoms with E-state index in [-0.39, 0.29) is 17.0 Å². The predicted octanol–water partition coefficient (Wildman–Crippen LogP) is 2.24. The van der Waals surface area contributed by atoms with Gasteiger partial charge in [-0.15, -0.1) is 0 Å². The number of phenolic OH excluding ortho intramolecular Hbond substituents is 1. The third-order valence-electron chi connectivity index (χ3n) is 2.60. The summed E-state index contributed by atoms with van der Waals surface area (Å²) in [6.07, 6.45) is 1.37. The Labute approximate surface area is 108 Å². The van der Waals surface area contributed by atoms with Gasteiger partial charge in [0.15, 0.2) is 0 Å². The van der Waals surface area contributed by atoms with Gasteiger partial charge in [0.05, 0.1) is 23.1 Å². The highest BCUT2D eigenvalue weighted by atomic mass is 16.4. The molecule has 0 bridgehead atoms. The molecule has 0 aliphatic rings. The number of furan rings is 1. The van der Waals surface area contributed by atoms with Crippen LogP contribution in [0.2, 0.25) is 0 Å². The number of hydrogen-bond donors (Lipinski definition) is 3. The van der Waals surface area contributed by atoms with Crippen LogP contribution in [0.1, 0.15) is 26.5 Å². The SMILES string of the molecule is Cc1occc1C(=O)Nc1cc(C(=O)O)ccc1O. The van der Waals surface area contributed by atoms with E-state index in [0.29, 0.717) is 11.3 Å². The van der Waals surface area contributed by atoms with Crippen molar-refractivity contribution in [3.8, 4) is 5.75 Å². The van der Waals surface area contributed by atoms with Crippen LogP contribution in [0.15, 0.2) is 34.9 Å². The Kier molecular flexibility index (Phi) is 3.24. The highest BCUT2D eigenvalue weighted by Gasteiger charge is 2.14. The molecule has 0 unspecified atom stereocenters. The van der Waals surface area contributed by atoms with Gasteiger partial charge in [0, 0.05) is 0 Å². The first-order valence-corrected chi connectivity index (χ1v) is 5.41. The first-order chi connectivity index (χ1) is 8.99. The van der Waals surface area contributed by atoms with Gasteiger partial charge in [0.1, 0.15) is 11.5 Å². The van der Waals surface area contributed by atoms with Crippen LogP contribution in [-0.4, -0.2) is 22.1 Å². The molecule has 19 heavy (non-hydrogen) atoms. The predicted molar refractivity (Wildman–Crippen MR) is 66.5 cm³/mol. The fraction of sp³-hybridized carbons (Fsp3) is 0.0769. The summed E-state index contributed by atoms with van der Waals surface area (Å²) in [4.78, 5) is 22.7. The maximum Gasteiger partial charge on any atom is 0.335 e. The molecule has 0 fully saturated rings. The number of hydrogen-bond acceptors (Lipinski definition) is 4. The maximum absolute atomic E-state index is 11.9. The monoisotopic (exact) mass is 261 g/mol. The van der Waals surface area contributed by atoms with E-state index < -0.39 is 11.9 Å². The van der Waals surface area contributed by atoms with Crippen molar-refractivity contribution < 1.29 is 24.2 Å². The van der Waals surface area contributed by atoms with Gasteiger partial charge in [0.25, 0.3) is 5.91 Å². The number of aromatic carboxylic acids is 1. The molecule has 0 aliphatic heterocycles. The Morgan fingerprint density at radius 2 is 2.00 bits per heavy atom. The first-order valence-electron chi connectivity index (χ1n) is 5.41. The van der Waals surface area contributed by atoms with E-state index in [1.807, 2.05) is 0 Å². The minimum absolute atomic E-state index is 0.0305. The van der Waals surface area contributed by atoms with Crippen molar-refractivity contribution in [2.45, 2.75) is 6.92 Å². The number of nitrogens with one attached hydrogen (secondary N) is 1. The zero-order chi connectivity index (χ0) is 14.0. The van der Waals surface area contributed by atoms with Crippen molar-refractivity contribution in [1.29, 1.82) is 0 Å². The van der Waals surface area contributed by atoms with Gasteiger partial charge >= 0.3 is 5.97 Å². The molecule has 6 nitrogen and oxygen atoms in total. The van der Waals surface area contributed by atoms with Crippen LogP contribution < -0.4 is 5.32 Å². The molecule has 1 aromatic carbocycles. The largest absolute Gasteiger partial charge is 0.506 e. The van der Waals surface area contributed by atoms with Crippen molar-refractivity contribution in [1.82, 2.24) is 0 Å². The lowest BCUT2D eigenvalue weighted by Gasteiger charge is -2.07. The molecule has 2 aromatic rings. The van der Waals surface area contributed by atoms with Crippen LogP contribution in [0.3, 0.4) is 0 Å². The molecular formula is C13H11NO5. The summed E-state index contributed by atoms with van der Waals surface area (Å²) in [5.41, 5.74) is 0.322. The average Bonchev–Trinajstić information content (AvgIpc) is 2.78. The lowest BCUT2D eigenvalue weighted by atomic mass is 10.1. The van der Waals surface area contributed by atoms with Crippen molar-refractivity contribution in [3.05, 3.63) is 47.4 Å². The number of benzene rings is 1. The highest BCUT2D eigenvalue weighted by Crippen LogP contribution is 2.25.